The van der Waals surface area contributed by atoms with Gasteiger partial charge < -0.3 is 4.90 Å². The zero-order valence-corrected chi connectivity index (χ0v) is 12.8. The van der Waals surface area contributed by atoms with Gasteiger partial charge in [0.25, 0.3) is 0 Å². The third-order valence-electron chi connectivity index (χ3n) is 6.05. The SMILES string of the molecule is CC(C(=O)N1CC2CCC(C)(C1)C2(C)C)N(C)C. The topological polar surface area (TPSA) is 23.6 Å². The molecular weight excluding hydrogens is 224 g/mol. The molecule has 2 fully saturated rings. The smallest absolute Gasteiger partial charge is 0.239 e. The molecule has 2 bridgehead atoms. The highest BCUT2D eigenvalue weighted by molar-refractivity contribution is 5.81. The van der Waals surface area contributed by atoms with E-state index >= 15 is 0 Å². The molecule has 1 saturated heterocycles. The van der Waals surface area contributed by atoms with Crippen molar-refractivity contribution in [1.29, 1.82) is 0 Å². The van der Waals surface area contributed by atoms with Gasteiger partial charge in [-0.25, -0.2) is 0 Å². The summed E-state index contributed by atoms with van der Waals surface area (Å²) in [5, 5.41) is 0. The van der Waals surface area contributed by atoms with Crippen LogP contribution in [0.3, 0.4) is 0 Å². The molecule has 3 nitrogen and oxygen atoms in total. The van der Waals surface area contributed by atoms with E-state index in [-0.39, 0.29) is 6.04 Å². The first-order valence-corrected chi connectivity index (χ1v) is 7.14. The number of likely N-dealkylation sites (N-methyl/N-ethyl adjacent to an activating group) is 1. The van der Waals surface area contributed by atoms with Crippen molar-refractivity contribution >= 4 is 5.91 Å². The molecule has 0 aromatic carbocycles. The highest BCUT2D eigenvalue weighted by Crippen LogP contribution is 2.58. The van der Waals surface area contributed by atoms with Crippen LogP contribution >= 0.6 is 0 Å². The van der Waals surface area contributed by atoms with Gasteiger partial charge in [0.1, 0.15) is 0 Å². The van der Waals surface area contributed by atoms with E-state index in [1.165, 1.54) is 12.8 Å². The fourth-order valence-electron chi connectivity index (χ4n) is 3.68. The van der Waals surface area contributed by atoms with Crippen molar-refractivity contribution < 1.29 is 4.79 Å². The number of hydrogen-bond donors (Lipinski definition) is 0. The highest BCUT2D eigenvalue weighted by Gasteiger charge is 2.56. The van der Waals surface area contributed by atoms with Gasteiger partial charge in [-0.15, -0.1) is 0 Å². The predicted octanol–water partition coefficient (Wildman–Crippen LogP) is 2.22. The molecule has 1 aliphatic carbocycles. The summed E-state index contributed by atoms with van der Waals surface area (Å²) >= 11 is 0. The summed E-state index contributed by atoms with van der Waals surface area (Å²) in [5.74, 6) is 0.975. The molecule has 1 amide bonds. The summed E-state index contributed by atoms with van der Waals surface area (Å²) in [5.41, 5.74) is 0.683. The number of nitrogens with zero attached hydrogens (tertiary/aromatic N) is 2. The Morgan fingerprint density at radius 1 is 1.33 bits per heavy atom. The predicted molar refractivity (Wildman–Crippen MR) is 74.3 cm³/mol. The van der Waals surface area contributed by atoms with Crippen molar-refractivity contribution in [2.75, 3.05) is 27.2 Å². The quantitative estimate of drug-likeness (QED) is 0.752. The first kappa shape index (κ1) is 13.9. The molecule has 104 valence electrons. The Hall–Kier alpha value is -0.570. The second-order valence-corrected chi connectivity index (χ2v) is 7.38. The molecule has 18 heavy (non-hydrogen) atoms. The Bertz CT molecular complexity index is 350. The zero-order chi connectivity index (χ0) is 13.7. The van der Waals surface area contributed by atoms with Crippen molar-refractivity contribution in [1.82, 2.24) is 9.80 Å². The second-order valence-electron chi connectivity index (χ2n) is 7.38. The first-order valence-electron chi connectivity index (χ1n) is 7.14. The van der Waals surface area contributed by atoms with Crippen molar-refractivity contribution in [3.05, 3.63) is 0 Å². The van der Waals surface area contributed by atoms with Crippen LogP contribution in [0.25, 0.3) is 0 Å². The molecule has 0 aromatic rings. The Morgan fingerprint density at radius 2 is 1.94 bits per heavy atom. The van der Waals surface area contributed by atoms with E-state index in [4.69, 9.17) is 0 Å². The standard InChI is InChI=1S/C15H28N2O/c1-11(16(5)6)13(18)17-9-12-7-8-15(4,10-17)14(12,2)3/h11-12H,7-10H2,1-6H3. The number of piperidine rings is 1. The minimum atomic E-state index is -0.00536. The summed E-state index contributed by atoms with van der Waals surface area (Å²) in [4.78, 5) is 16.6. The number of amides is 1. The maximum absolute atomic E-state index is 12.5. The molecular formula is C15H28N2O. The van der Waals surface area contributed by atoms with Crippen LogP contribution in [0, 0.1) is 16.7 Å². The van der Waals surface area contributed by atoms with Gasteiger partial charge in [-0.05, 0) is 50.6 Å². The zero-order valence-electron chi connectivity index (χ0n) is 12.8. The molecule has 2 rings (SSSR count). The van der Waals surface area contributed by atoms with Gasteiger partial charge in [-0.3, -0.25) is 9.69 Å². The van der Waals surface area contributed by atoms with Gasteiger partial charge in [0.05, 0.1) is 6.04 Å². The fraction of sp³-hybridized carbons (Fsp3) is 0.933. The normalized spacial score (nSPS) is 35.9. The van der Waals surface area contributed by atoms with Gasteiger partial charge >= 0.3 is 0 Å². The second kappa shape index (κ2) is 4.22. The molecule has 1 aliphatic heterocycles. The Morgan fingerprint density at radius 3 is 2.44 bits per heavy atom. The number of likely N-dealkylation sites (tertiary alicyclic amines) is 1. The summed E-state index contributed by atoms with van der Waals surface area (Å²) in [6.45, 7) is 11.1. The van der Waals surface area contributed by atoms with Crippen LogP contribution in [0.4, 0.5) is 0 Å². The maximum Gasteiger partial charge on any atom is 0.239 e. The molecule has 3 atom stereocenters. The number of carbonyl (C=O) groups excluding carboxylic acids is 1. The van der Waals surface area contributed by atoms with Gasteiger partial charge in [0.2, 0.25) is 5.91 Å². The molecule has 0 N–H and O–H groups in total. The minimum Gasteiger partial charge on any atom is -0.340 e. The third-order valence-corrected chi connectivity index (χ3v) is 6.05. The van der Waals surface area contributed by atoms with E-state index in [0.29, 0.717) is 22.7 Å². The third kappa shape index (κ3) is 1.87. The number of rotatable bonds is 2. The van der Waals surface area contributed by atoms with Crippen LogP contribution in [0.5, 0.6) is 0 Å². The molecule has 0 aromatic heterocycles. The summed E-state index contributed by atoms with van der Waals surface area (Å²) in [7, 11) is 3.96. The molecule has 1 heterocycles. The number of fused-ring (bicyclic) bond motifs is 2. The lowest BCUT2D eigenvalue weighted by atomic mass is 9.63. The van der Waals surface area contributed by atoms with Gasteiger partial charge in [-0.2, -0.15) is 0 Å². The number of hydrogen-bond acceptors (Lipinski definition) is 2. The lowest BCUT2D eigenvalue weighted by molar-refractivity contribution is -0.143. The van der Waals surface area contributed by atoms with E-state index < -0.39 is 0 Å². The summed E-state index contributed by atoms with van der Waals surface area (Å²) in [6.07, 6.45) is 2.55. The molecule has 0 radical (unpaired) electrons. The highest BCUT2D eigenvalue weighted by atomic mass is 16.2. The number of carbonyl (C=O) groups is 1. The average Bonchev–Trinajstić information content (AvgIpc) is 2.44. The lowest BCUT2D eigenvalue weighted by Gasteiger charge is -2.51. The Balaban J connectivity index is 2.15. The van der Waals surface area contributed by atoms with E-state index in [1.54, 1.807) is 0 Å². The van der Waals surface area contributed by atoms with Gasteiger partial charge in [0, 0.05) is 13.1 Å². The van der Waals surface area contributed by atoms with E-state index in [0.717, 1.165) is 13.1 Å². The van der Waals surface area contributed by atoms with Crippen molar-refractivity contribution in [2.45, 2.75) is 46.6 Å². The largest absolute Gasteiger partial charge is 0.340 e. The van der Waals surface area contributed by atoms with Crippen LogP contribution in [0.1, 0.15) is 40.5 Å². The molecule has 2 aliphatic rings. The van der Waals surface area contributed by atoms with E-state index in [1.807, 2.05) is 25.9 Å². The van der Waals surface area contributed by atoms with Gasteiger partial charge in [0.15, 0.2) is 0 Å². The lowest BCUT2D eigenvalue weighted by Crippen LogP contribution is -2.56. The first-order chi connectivity index (χ1) is 8.19. The van der Waals surface area contributed by atoms with E-state index in [2.05, 4.69) is 25.7 Å². The van der Waals surface area contributed by atoms with Crippen molar-refractivity contribution in [3.8, 4) is 0 Å². The molecule has 0 spiro atoms. The van der Waals surface area contributed by atoms with Crippen LogP contribution in [-0.4, -0.2) is 48.9 Å². The monoisotopic (exact) mass is 252 g/mol. The Kier molecular flexibility index (Phi) is 3.25. The van der Waals surface area contributed by atoms with Crippen LogP contribution < -0.4 is 0 Å². The minimum absolute atomic E-state index is 0.00536. The fourth-order valence-corrected chi connectivity index (χ4v) is 3.68. The van der Waals surface area contributed by atoms with Crippen LogP contribution in [0.2, 0.25) is 0 Å². The van der Waals surface area contributed by atoms with Crippen molar-refractivity contribution in [3.63, 3.8) is 0 Å². The van der Waals surface area contributed by atoms with Crippen LogP contribution in [-0.2, 0) is 4.79 Å². The summed E-state index contributed by atoms with van der Waals surface area (Å²) < 4.78 is 0. The summed E-state index contributed by atoms with van der Waals surface area (Å²) in [6, 6.07) is -0.00536. The average molecular weight is 252 g/mol. The molecule has 1 saturated carbocycles. The Labute approximate surface area is 112 Å². The van der Waals surface area contributed by atoms with E-state index in [9.17, 15) is 4.79 Å². The molecule has 3 unspecified atom stereocenters. The van der Waals surface area contributed by atoms with Crippen molar-refractivity contribution in [2.24, 2.45) is 16.7 Å². The van der Waals surface area contributed by atoms with Gasteiger partial charge in [-0.1, -0.05) is 20.8 Å². The van der Waals surface area contributed by atoms with Crippen LogP contribution in [0.15, 0.2) is 0 Å². The molecule has 3 heteroatoms. The maximum atomic E-state index is 12.5.